The Morgan fingerprint density at radius 3 is 1.41 bits per heavy atom. The highest BCUT2D eigenvalue weighted by molar-refractivity contribution is 5.90. The average molecular weight is 545 g/mol. The summed E-state index contributed by atoms with van der Waals surface area (Å²) in [6, 6.07) is 38.2. The lowest BCUT2D eigenvalue weighted by atomic mass is 10.2. The van der Waals surface area contributed by atoms with Gasteiger partial charge in [0.05, 0.1) is 11.1 Å². The SMILES string of the molecule is Cc1cc(Oc2ccc(C(=O)OCc3ccccc3)cc2)ccc1Oc1ccc(C(=O)OCc2ccccc2)cc1. The molecule has 0 aromatic heterocycles. The van der Waals surface area contributed by atoms with Gasteiger partial charge in [0.2, 0.25) is 0 Å². The Morgan fingerprint density at radius 1 is 0.512 bits per heavy atom. The van der Waals surface area contributed by atoms with E-state index in [0.717, 1.165) is 16.7 Å². The van der Waals surface area contributed by atoms with Gasteiger partial charge in [-0.2, -0.15) is 0 Å². The minimum Gasteiger partial charge on any atom is -0.457 e. The first kappa shape index (κ1) is 27.2. The van der Waals surface area contributed by atoms with Crippen molar-refractivity contribution in [1.29, 1.82) is 0 Å². The van der Waals surface area contributed by atoms with Crippen molar-refractivity contribution >= 4 is 11.9 Å². The van der Waals surface area contributed by atoms with Gasteiger partial charge in [-0.05, 0) is 90.3 Å². The van der Waals surface area contributed by atoms with Gasteiger partial charge >= 0.3 is 11.9 Å². The number of hydrogen-bond acceptors (Lipinski definition) is 6. The molecular weight excluding hydrogens is 516 g/mol. The van der Waals surface area contributed by atoms with Crippen molar-refractivity contribution in [2.45, 2.75) is 20.1 Å². The van der Waals surface area contributed by atoms with Gasteiger partial charge in [-0.3, -0.25) is 0 Å². The van der Waals surface area contributed by atoms with Crippen molar-refractivity contribution in [3.05, 3.63) is 155 Å². The Morgan fingerprint density at radius 2 is 0.951 bits per heavy atom. The molecule has 0 aliphatic carbocycles. The molecule has 0 radical (unpaired) electrons. The lowest BCUT2D eigenvalue weighted by Crippen LogP contribution is -2.05. The van der Waals surface area contributed by atoms with Crippen LogP contribution in [0.5, 0.6) is 23.0 Å². The second kappa shape index (κ2) is 13.1. The maximum Gasteiger partial charge on any atom is 0.338 e. The zero-order valence-electron chi connectivity index (χ0n) is 22.5. The number of carbonyl (C=O) groups excluding carboxylic acids is 2. The van der Waals surface area contributed by atoms with Crippen molar-refractivity contribution in [3.63, 3.8) is 0 Å². The number of aryl methyl sites for hydroxylation is 1. The summed E-state index contributed by atoms with van der Waals surface area (Å²) in [7, 11) is 0. The van der Waals surface area contributed by atoms with Crippen LogP contribution in [0, 0.1) is 6.92 Å². The largest absolute Gasteiger partial charge is 0.457 e. The van der Waals surface area contributed by atoms with E-state index in [9.17, 15) is 9.59 Å². The Bertz CT molecular complexity index is 1600. The van der Waals surface area contributed by atoms with E-state index in [4.69, 9.17) is 18.9 Å². The minimum absolute atomic E-state index is 0.219. The molecule has 0 bridgehead atoms. The summed E-state index contributed by atoms with van der Waals surface area (Å²) in [5, 5.41) is 0. The monoisotopic (exact) mass is 544 g/mol. The van der Waals surface area contributed by atoms with Crippen LogP contribution >= 0.6 is 0 Å². The first-order chi connectivity index (χ1) is 20.0. The lowest BCUT2D eigenvalue weighted by Gasteiger charge is -2.12. The van der Waals surface area contributed by atoms with Crippen LogP contribution in [0.15, 0.2) is 127 Å². The van der Waals surface area contributed by atoms with E-state index in [-0.39, 0.29) is 13.2 Å². The van der Waals surface area contributed by atoms with Gasteiger partial charge in [0.15, 0.2) is 0 Å². The molecule has 0 aliphatic rings. The molecule has 0 N–H and O–H groups in total. The van der Waals surface area contributed by atoms with Crippen LogP contribution in [0.25, 0.3) is 0 Å². The van der Waals surface area contributed by atoms with E-state index in [1.807, 2.05) is 79.7 Å². The first-order valence-corrected chi connectivity index (χ1v) is 13.1. The van der Waals surface area contributed by atoms with Crippen LogP contribution in [0.3, 0.4) is 0 Å². The highest BCUT2D eigenvalue weighted by Crippen LogP contribution is 2.31. The lowest BCUT2D eigenvalue weighted by molar-refractivity contribution is 0.0464. The Hall–Kier alpha value is -5.36. The number of rotatable bonds is 10. The van der Waals surface area contributed by atoms with Gasteiger partial charge in [-0.25, -0.2) is 9.59 Å². The minimum atomic E-state index is -0.394. The van der Waals surface area contributed by atoms with E-state index in [0.29, 0.717) is 34.1 Å². The standard InChI is InChI=1S/C35H28O6/c1-25-22-32(40-30-16-12-28(13-17-30)34(36)38-23-26-8-4-2-5-9-26)20-21-33(25)41-31-18-14-29(15-19-31)35(37)39-24-27-10-6-3-7-11-27/h2-22H,23-24H2,1H3. The second-order valence-electron chi connectivity index (χ2n) is 9.30. The van der Waals surface area contributed by atoms with Crippen LogP contribution in [0.2, 0.25) is 0 Å². The fourth-order valence-electron chi connectivity index (χ4n) is 3.99. The summed E-state index contributed by atoms with van der Waals surface area (Å²) in [5.41, 5.74) is 3.63. The molecule has 6 heteroatoms. The Kier molecular flexibility index (Phi) is 8.72. The van der Waals surface area contributed by atoms with Gasteiger partial charge in [0, 0.05) is 0 Å². The number of carbonyl (C=O) groups is 2. The van der Waals surface area contributed by atoms with Crippen molar-refractivity contribution in [3.8, 4) is 23.0 Å². The molecule has 0 atom stereocenters. The molecule has 0 heterocycles. The molecule has 5 rings (SSSR count). The summed E-state index contributed by atoms with van der Waals surface area (Å²) in [6.45, 7) is 2.36. The van der Waals surface area contributed by atoms with E-state index in [2.05, 4.69) is 0 Å². The highest BCUT2D eigenvalue weighted by Gasteiger charge is 2.11. The van der Waals surface area contributed by atoms with Crippen molar-refractivity contribution < 1.29 is 28.5 Å². The highest BCUT2D eigenvalue weighted by atomic mass is 16.5. The molecule has 0 saturated carbocycles. The summed E-state index contributed by atoms with van der Waals surface area (Å²) in [4.78, 5) is 24.7. The molecule has 5 aromatic rings. The first-order valence-electron chi connectivity index (χ1n) is 13.1. The maximum atomic E-state index is 12.4. The third-order valence-corrected chi connectivity index (χ3v) is 6.22. The number of esters is 2. The zero-order valence-corrected chi connectivity index (χ0v) is 22.5. The molecule has 0 unspecified atom stereocenters. The van der Waals surface area contributed by atoms with E-state index in [1.165, 1.54) is 0 Å². The molecule has 0 fully saturated rings. The molecule has 0 aliphatic heterocycles. The predicted molar refractivity (Wildman–Crippen MR) is 155 cm³/mol. The van der Waals surface area contributed by atoms with Crippen molar-refractivity contribution in [2.24, 2.45) is 0 Å². The molecule has 0 amide bonds. The molecule has 0 spiro atoms. The topological polar surface area (TPSA) is 71.1 Å². The third kappa shape index (κ3) is 7.61. The molecule has 6 nitrogen and oxygen atoms in total. The van der Waals surface area contributed by atoms with E-state index in [1.54, 1.807) is 54.6 Å². The molecule has 41 heavy (non-hydrogen) atoms. The van der Waals surface area contributed by atoms with Gasteiger partial charge < -0.3 is 18.9 Å². The van der Waals surface area contributed by atoms with E-state index < -0.39 is 11.9 Å². The average Bonchev–Trinajstić information content (AvgIpc) is 3.02. The van der Waals surface area contributed by atoms with Gasteiger partial charge in [-0.15, -0.1) is 0 Å². The smallest absolute Gasteiger partial charge is 0.338 e. The fourth-order valence-corrected chi connectivity index (χ4v) is 3.99. The normalized spacial score (nSPS) is 10.5. The fraction of sp³-hybridized carbons (Fsp3) is 0.0857. The number of hydrogen-bond donors (Lipinski definition) is 0. The molecule has 5 aromatic carbocycles. The number of ether oxygens (including phenoxy) is 4. The summed E-state index contributed by atoms with van der Waals surface area (Å²) in [6.07, 6.45) is 0. The van der Waals surface area contributed by atoms with E-state index >= 15 is 0 Å². The molecule has 0 saturated heterocycles. The third-order valence-electron chi connectivity index (χ3n) is 6.22. The zero-order chi connectivity index (χ0) is 28.4. The van der Waals surface area contributed by atoms with Crippen molar-refractivity contribution in [1.82, 2.24) is 0 Å². The predicted octanol–water partition coefficient (Wildman–Crippen LogP) is 8.29. The van der Waals surface area contributed by atoms with Gasteiger partial charge in [-0.1, -0.05) is 60.7 Å². The summed E-state index contributed by atoms with van der Waals surface area (Å²) in [5.74, 6) is 1.69. The van der Waals surface area contributed by atoms with Crippen LogP contribution in [-0.4, -0.2) is 11.9 Å². The van der Waals surface area contributed by atoms with Crippen LogP contribution in [0.1, 0.15) is 37.4 Å². The van der Waals surface area contributed by atoms with Gasteiger partial charge in [0.1, 0.15) is 36.2 Å². The molecule has 204 valence electrons. The summed E-state index contributed by atoms with van der Waals surface area (Å²) >= 11 is 0. The quantitative estimate of drug-likeness (QED) is 0.165. The number of benzene rings is 5. The van der Waals surface area contributed by atoms with Crippen LogP contribution in [0.4, 0.5) is 0 Å². The van der Waals surface area contributed by atoms with Crippen LogP contribution in [-0.2, 0) is 22.7 Å². The van der Waals surface area contributed by atoms with Gasteiger partial charge in [0.25, 0.3) is 0 Å². The van der Waals surface area contributed by atoms with Crippen LogP contribution < -0.4 is 9.47 Å². The Balaban J connectivity index is 1.13. The van der Waals surface area contributed by atoms with Crippen molar-refractivity contribution in [2.75, 3.05) is 0 Å². The maximum absolute atomic E-state index is 12.4. The Labute approximate surface area is 238 Å². The second-order valence-corrected chi connectivity index (χ2v) is 9.30. The summed E-state index contributed by atoms with van der Waals surface area (Å²) < 4.78 is 22.7. The molecular formula is C35H28O6.